The maximum Gasteiger partial charge on any atom is 0.244 e. The molecule has 3 aromatic carbocycles. The third-order valence-corrected chi connectivity index (χ3v) is 4.80. The maximum absolute atomic E-state index is 12.9. The van der Waals surface area contributed by atoms with Crippen LogP contribution in [-0.4, -0.2) is 12.1 Å². The van der Waals surface area contributed by atoms with Crippen molar-refractivity contribution in [3.05, 3.63) is 98.7 Å². The van der Waals surface area contributed by atoms with Crippen LogP contribution < -0.4 is 10.2 Å². The molecule has 3 rings (SSSR count). The molecule has 0 spiro atoms. The Kier molecular flexibility index (Phi) is 7.38. The lowest BCUT2D eigenvalue weighted by atomic mass is 10.1. The van der Waals surface area contributed by atoms with E-state index in [1.807, 2.05) is 30.3 Å². The van der Waals surface area contributed by atoms with Crippen molar-refractivity contribution in [1.82, 2.24) is 5.43 Å². The minimum Gasteiger partial charge on any atom is -0.486 e. The molecular formula is C22H17BrClFN2O2. The third-order valence-electron chi connectivity index (χ3n) is 3.93. The predicted molar refractivity (Wildman–Crippen MR) is 116 cm³/mol. The molecule has 29 heavy (non-hydrogen) atoms. The van der Waals surface area contributed by atoms with Crippen molar-refractivity contribution in [2.24, 2.45) is 5.10 Å². The maximum atomic E-state index is 12.9. The molecule has 0 unspecified atom stereocenters. The summed E-state index contributed by atoms with van der Waals surface area (Å²) < 4.78 is 19.4. The fraction of sp³-hybridized carbons (Fsp3) is 0.0909. The van der Waals surface area contributed by atoms with Gasteiger partial charge in [-0.1, -0.05) is 54.1 Å². The van der Waals surface area contributed by atoms with Gasteiger partial charge >= 0.3 is 0 Å². The molecule has 0 aliphatic carbocycles. The van der Waals surface area contributed by atoms with Crippen LogP contribution in [0.15, 0.2) is 76.3 Å². The summed E-state index contributed by atoms with van der Waals surface area (Å²) in [7, 11) is 0. The Morgan fingerprint density at radius 1 is 1.10 bits per heavy atom. The first kappa shape index (κ1) is 21.0. The van der Waals surface area contributed by atoms with Crippen LogP contribution in [0.3, 0.4) is 0 Å². The second kappa shape index (κ2) is 10.2. The van der Waals surface area contributed by atoms with E-state index in [9.17, 15) is 9.18 Å². The summed E-state index contributed by atoms with van der Waals surface area (Å²) in [4.78, 5) is 11.9. The minimum absolute atomic E-state index is 0.105. The highest BCUT2D eigenvalue weighted by Gasteiger charge is 2.09. The number of hydrogen-bond donors (Lipinski definition) is 1. The SMILES string of the molecule is O=C(Cc1ccc(F)cc1)N/N=C/c1cc(Cl)c(OCc2ccccc2)c(Br)c1. The monoisotopic (exact) mass is 474 g/mol. The number of hydrazone groups is 1. The van der Waals surface area contributed by atoms with Gasteiger partial charge in [0.05, 0.1) is 22.1 Å². The molecule has 0 bridgehead atoms. The molecule has 148 valence electrons. The van der Waals surface area contributed by atoms with Gasteiger partial charge in [0, 0.05) is 0 Å². The van der Waals surface area contributed by atoms with E-state index in [0.717, 1.165) is 5.56 Å². The number of halogens is 3. The summed E-state index contributed by atoms with van der Waals surface area (Å²) >= 11 is 9.78. The number of ether oxygens (including phenoxy) is 1. The van der Waals surface area contributed by atoms with Crippen LogP contribution in [0.1, 0.15) is 16.7 Å². The normalized spacial score (nSPS) is 10.9. The van der Waals surface area contributed by atoms with Crippen LogP contribution in [0.2, 0.25) is 5.02 Å². The first-order valence-corrected chi connectivity index (χ1v) is 9.90. The first-order chi connectivity index (χ1) is 14.0. The first-order valence-electron chi connectivity index (χ1n) is 8.73. The average molecular weight is 476 g/mol. The smallest absolute Gasteiger partial charge is 0.244 e. The molecule has 0 saturated heterocycles. The summed E-state index contributed by atoms with van der Waals surface area (Å²) in [5.74, 6) is -0.111. The lowest BCUT2D eigenvalue weighted by Gasteiger charge is -2.11. The molecule has 0 aromatic heterocycles. The van der Waals surface area contributed by atoms with Crippen molar-refractivity contribution in [1.29, 1.82) is 0 Å². The molecule has 0 saturated carbocycles. The Balaban J connectivity index is 1.57. The number of hydrogen-bond acceptors (Lipinski definition) is 3. The van der Waals surface area contributed by atoms with Gasteiger partial charge in [-0.3, -0.25) is 4.79 Å². The average Bonchev–Trinajstić information content (AvgIpc) is 2.70. The lowest BCUT2D eigenvalue weighted by molar-refractivity contribution is -0.120. The van der Waals surface area contributed by atoms with Gasteiger partial charge in [-0.15, -0.1) is 0 Å². The highest BCUT2D eigenvalue weighted by molar-refractivity contribution is 9.10. The zero-order chi connectivity index (χ0) is 20.6. The van der Waals surface area contributed by atoms with Gasteiger partial charge in [-0.25, -0.2) is 9.82 Å². The van der Waals surface area contributed by atoms with E-state index < -0.39 is 0 Å². The Labute approximate surface area is 181 Å². The van der Waals surface area contributed by atoms with Crippen molar-refractivity contribution < 1.29 is 13.9 Å². The molecular weight excluding hydrogens is 459 g/mol. The molecule has 0 heterocycles. The van der Waals surface area contributed by atoms with Crippen LogP contribution >= 0.6 is 27.5 Å². The van der Waals surface area contributed by atoms with E-state index in [1.165, 1.54) is 18.3 Å². The summed E-state index contributed by atoms with van der Waals surface area (Å²) in [5.41, 5.74) is 4.86. The summed E-state index contributed by atoms with van der Waals surface area (Å²) in [5, 5.41) is 4.37. The molecule has 4 nitrogen and oxygen atoms in total. The van der Waals surface area contributed by atoms with Crippen LogP contribution in [0.5, 0.6) is 5.75 Å². The van der Waals surface area contributed by atoms with E-state index in [1.54, 1.807) is 24.3 Å². The molecule has 0 atom stereocenters. The highest BCUT2D eigenvalue weighted by atomic mass is 79.9. The lowest BCUT2D eigenvalue weighted by Crippen LogP contribution is -2.19. The largest absolute Gasteiger partial charge is 0.486 e. The van der Waals surface area contributed by atoms with Crippen molar-refractivity contribution >= 4 is 39.7 Å². The Hall–Kier alpha value is -2.70. The predicted octanol–water partition coefficient (Wildman–Crippen LogP) is 5.51. The Bertz CT molecular complexity index is 988. The van der Waals surface area contributed by atoms with Crippen molar-refractivity contribution in [3.8, 4) is 5.75 Å². The van der Waals surface area contributed by atoms with Gasteiger partial charge in [0.1, 0.15) is 12.4 Å². The number of nitrogens with zero attached hydrogens (tertiary/aromatic N) is 1. The van der Waals surface area contributed by atoms with E-state index in [0.29, 0.717) is 33.0 Å². The molecule has 1 N–H and O–H groups in total. The van der Waals surface area contributed by atoms with Crippen LogP contribution in [0.4, 0.5) is 4.39 Å². The van der Waals surface area contributed by atoms with E-state index in [-0.39, 0.29) is 18.1 Å². The van der Waals surface area contributed by atoms with Gasteiger partial charge < -0.3 is 4.74 Å². The molecule has 0 radical (unpaired) electrons. The van der Waals surface area contributed by atoms with E-state index in [2.05, 4.69) is 26.5 Å². The molecule has 7 heteroatoms. The van der Waals surface area contributed by atoms with E-state index in [4.69, 9.17) is 16.3 Å². The number of amides is 1. The van der Waals surface area contributed by atoms with Crippen LogP contribution in [-0.2, 0) is 17.8 Å². The van der Waals surface area contributed by atoms with Crippen molar-refractivity contribution in [2.75, 3.05) is 0 Å². The van der Waals surface area contributed by atoms with E-state index >= 15 is 0 Å². The molecule has 1 amide bonds. The van der Waals surface area contributed by atoms with Gasteiger partial charge in [-0.05, 0) is 56.9 Å². The number of carbonyl (C=O) groups is 1. The fourth-order valence-corrected chi connectivity index (χ4v) is 3.52. The quantitative estimate of drug-likeness (QED) is 0.362. The Morgan fingerprint density at radius 3 is 2.52 bits per heavy atom. The Morgan fingerprint density at radius 2 is 1.83 bits per heavy atom. The third kappa shape index (κ3) is 6.41. The second-order valence-corrected chi connectivity index (χ2v) is 7.45. The number of nitrogens with one attached hydrogen (secondary N) is 1. The highest BCUT2D eigenvalue weighted by Crippen LogP contribution is 2.34. The zero-order valence-electron chi connectivity index (χ0n) is 15.2. The molecule has 0 fully saturated rings. The van der Waals surface area contributed by atoms with Crippen molar-refractivity contribution in [2.45, 2.75) is 13.0 Å². The zero-order valence-corrected chi connectivity index (χ0v) is 17.6. The summed E-state index contributed by atoms with van der Waals surface area (Å²) in [6.45, 7) is 0.395. The number of carbonyl (C=O) groups excluding carboxylic acids is 1. The van der Waals surface area contributed by atoms with Crippen LogP contribution in [0.25, 0.3) is 0 Å². The second-order valence-electron chi connectivity index (χ2n) is 6.18. The number of rotatable bonds is 7. The van der Waals surface area contributed by atoms with Crippen molar-refractivity contribution in [3.63, 3.8) is 0 Å². The summed E-state index contributed by atoms with van der Waals surface area (Å²) in [6.07, 6.45) is 1.59. The molecule has 0 aliphatic rings. The minimum atomic E-state index is -0.342. The molecule has 0 aliphatic heterocycles. The van der Waals surface area contributed by atoms with Gasteiger partial charge in [0.25, 0.3) is 0 Å². The van der Waals surface area contributed by atoms with Gasteiger partial charge in [-0.2, -0.15) is 5.10 Å². The van der Waals surface area contributed by atoms with Gasteiger partial charge in [0.15, 0.2) is 5.75 Å². The van der Waals surface area contributed by atoms with Crippen LogP contribution in [0, 0.1) is 5.82 Å². The topological polar surface area (TPSA) is 50.7 Å². The number of benzene rings is 3. The molecule has 3 aromatic rings. The standard InChI is InChI=1S/C22H17BrClFN2O2/c23-19-10-17(11-20(24)22(19)29-14-16-4-2-1-3-5-16)13-26-27-21(28)12-15-6-8-18(25)9-7-15/h1-11,13H,12,14H2,(H,27,28)/b26-13+. The summed E-state index contributed by atoms with van der Waals surface area (Å²) in [6, 6.07) is 19.0. The fourth-order valence-electron chi connectivity index (χ4n) is 2.53. The van der Waals surface area contributed by atoms with Gasteiger partial charge in [0.2, 0.25) is 5.91 Å².